The molecule has 1 aromatic heterocycles. The average Bonchev–Trinajstić information content (AvgIpc) is 2.65. The van der Waals surface area contributed by atoms with E-state index < -0.39 is 0 Å². The number of aromatic nitrogens is 2. The van der Waals surface area contributed by atoms with Gasteiger partial charge in [0.05, 0.1) is 0 Å². The number of rotatable bonds is 6. The topological polar surface area (TPSA) is 66.9 Å². The van der Waals surface area contributed by atoms with Crippen LogP contribution in [-0.2, 0) is 6.42 Å². The van der Waals surface area contributed by atoms with Crippen LogP contribution in [0.2, 0.25) is 5.02 Å². The van der Waals surface area contributed by atoms with E-state index in [9.17, 15) is 4.79 Å². The van der Waals surface area contributed by atoms with Gasteiger partial charge in [-0.05, 0) is 42.7 Å². The van der Waals surface area contributed by atoms with Crippen molar-refractivity contribution in [2.45, 2.75) is 13.3 Å². The summed E-state index contributed by atoms with van der Waals surface area (Å²) in [4.78, 5) is 20.7. The second-order valence-corrected chi connectivity index (χ2v) is 6.30. The number of aryl methyl sites for hydroxylation is 1. The van der Waals surface area contributed by atoms with Crippen LogP contribution in [0.4, 0.5) is 11.5 Å². The molecule has 0 radical (unpaired) electrons. The van der Waals surface area contributed by atoms with Crippen molar-refractivity contribution >= 4 is 29.0 Å². The predicted molar refractivity (Wildman–Crippen MR) is 105 cm³/mol. The Balaban J connectivity index is 1.61. The number of hydrogen-bond donors (Lipinski definition) is 2. The maximum atomic E-state index is 12.4. The summed E-state index contributed by atoms with van der Waals surface area (Å²) in [6.45, 7) is 2.61. The summed E-state index contributed by atoms with van der Waals surface area (Å²) in [5.41, 5.74) is 3.14. The van der Waals surface area contributed by atoms with Crippen LogP contribution in [0.1, 0.15) is 21.6 Å². The van der Waals surface area contributed by atoms with E-state index in [4.69, 9.17) is 11.6 Å². The Hall–Kier alpha value is -2.92. The van der Waals surface area contributed by atoms with Crippen molar-refractivity contribution in [1.82, 2.24) is 9.97 Å². The zero-order valence-electron chi connectivity index (χ0n) is 14.4. The van der Waals surface area contributed by atoms with E-state index in [1.807, 2.05) is 25.1 Å². The number of halogens is 1. The van der Waals surface area contributed by atoms with E-state index in [0.717, 1.165) is 18.5 Å². The van der Waals surface area contributed by atoms with E-state index in [1.54, 1.807) is 24.3 Å². The summed E-state index contributed by atoms with van der Waals surface area (Å²) < 4.78 is 0. The highest BCUT2D eigenvalue weighted by molar-refractivity contribution is 6.30. The largest absolute Gasteiger partial charge is 0.370 e. The van der Waals surface area contributed by atoms with Crippen molar-refractivity contribution in [1.29, 1.82) is 0 Å². The van der Waals surface area contributed by atoms with Gasteiger partial charge in [-0.1, -0.05) is 41.9 Å². The standard InChI is InChI=1S/C20H19ClN4O/c1-14-11-16(21)7-8-17(14)25-20(26)18-12-19(24-13-23-18)22-10-9-15-5-3-2-4-6-15/h2-8,11-13H,9-10H2,1H3,(H,25,26)(H,22,23,24). The summed E-state index contributed by atoms with van der Waals surface area (Å²) in [5, 5.41) is 6.70. The Kier molecular flexibility index (Phi) is 5.81. The molecular formula is C20H19ClN4O. The highest BCUT2D eigenvalue weighted by Crippen LogP contribution is 2.20. The van der Waals surface area contributed by atoms with Crippen molar-refractivity contribution in [3.63, 3.8) is 0 Å². The van der Waals surface area contributed by atoms with E-state index in [2.05, 4.69) is 32.7 Å². The minimum absolute atomic E-state index is 0.288. The van der Waals surface area contributed by atoms with Crippen LogP contribution in [0, 0.1) is 6.92 Å². The maximum Gasteiger partial charge on any atom is 0.274 e. The molecule has 0 aliphatic heterocycles. The minimum Gasteiger partial charge on any atom is -0.370 e. The number of amides is 1. The molecule has 5 nitrogen and oxygen atoms in total. The number of anilines is 2. The van der Waals surface area contributed by atoms with E-state index in [1.165, 1.54) is 11.9 Å². The van der Waals surface area contributed by atoms with Gasteiger partial charge in [0.25, 0.3) is 5.91 Å². The van der Waals surface area contributed by atoms with Gasteiger partial charge in [0.15, 0.2) is 0 Å². The molecule has 0 spiro atoms. The molecule has 26 heavy (non-hydrogen) atoms. The highest BCUT2D eigenvalue weighted by Gasteiger charge is 2.10. The minimum atomic E-state index is -0.288. The monoisotopic (exact) mass is 366 g/mol. The first-order valence-corrected chi connectivity index (χ1v) is 8.67. The fourth-order valence-corrected chi connectivity index (χ4v) is 2.74. The molecule has 132 valence electrons. The molecule has 0 aliphatic rings. The Labute approximate surface area is 157 Å². The first-order valence-electron chi connectivity index (χ1n) is 8.29. The number of benzene rings is 2. The first-order chi connectivity index (χ1) is 12.6. The Morgan fingerprint density at radius 2 is 1.88 bits per heavy atom. The Morgan fingerprint density at radius 3 is 2.65 bits per heavy atom. The van der Waals surface area contributed by atoms with Gasteiger partial charge < -0.3 is 10.6 Å². The lowest BCUT2D eigenvalue weighted by atomic mass is 10.1. The molecule has 0 atom stereocenters. The Bertz CT molecular complexity index is 899. The summed E-state index contributed by atoms with van der Waals surface area (Å²) in [7, 11) is 0. The maximum absolute atomic E-state index is 12.4. The average molecular weight is 367 g/mol. The van der Waals surface area contributed by atoms with Crippen LogP contribution in [-0.4, -0.2) is 22.4 Å². The molecule has 1 heterocycles. The summed E-state index contributed by atoms with van der Waals surface area (Å²) in [6, 6.07) is 17.1. The van der Waals surface area contributed by atoms with Crippen molar-refractivity contribution < 1.29 is 4.79 Å². The van der Waals surface area contributed by atoms with Gasteiger partial charge in [-0.3, -0.25) is 4.79 Å². The zero-order valence-corrected chi connectivity index (χ0v) is 15.1. The number of carbonyl (C=O) groups excluding carboxylic acids is 1. The zero-order chi connectivity index (χ0) is 18.4. The fraction of sp³-hybridized carbons (Fsp3) is 0.150. The van der Waals surface area contributed by atoms with Crippen LogP contribution in [0.3, 0.4) is 0 Å². The third-order valence-electron chi connectivity index (χ3n) is 3.90. The second-order valence-electron chi connectivity index (χ2n) is 5.86. The molecule has 0 saturated carbocycles. The summed E-state index contributed by atoms with van der Waals surface area (Å²) >= 11 is 5.94. The van der Waals surface area contributed by atoms with Gasteiger partial charge in [0.1, 0.15) is 17.8 Å². The Morgan fingerprint density at radius 1 is 1.08 bits per heavy atom. The predicted octanol–water partition coefficient (Wildman–Crippen LogP) is 4.35. The number of nitrogens with one attached hydrogen (secondary N) is 2. The first kappa shape index (κ1) is 17.9. The van der Waals surface area contributed by atoms with Crippen molar-refractivity contribution in [2.75, 3.05) is 17.2 Å². The smallest absolute Gasteiger partial charge is 0.274 e. The van der Waals surface area contributed by atoms with Gasteiger partial charge in [0, 0.05) is 23.3 Å². The molecule has 3 rings (SSSR count). The normalized spacial score (nSPS) is 10.4. The van der Waals surface area contributed by atoms with E-state index >= 15 is 0 Å². The van der Waals surface area contributed by atoms with Gasteiger partial charge in [-0.25, -0.2) is 9.97 Å². The number of carbonyl (C=O) groups is 1. The van der Waals surface area contributed by atoms with Crippen molar-refractivity contribution in [2.24, 2.45) is 0 Å². The molecule has 2 aromatic carbocycles. The molecule has 2 N–H and O–H groups in total. The molecule has 0 saturated heterocycles. The van der Waals surface area contributed by atoms with E-state index in [0.29, 0.717) is 22.2 Å². The molecule has 1 amide bonds. The third-order valence-corrected chi connectivity index (χ3v) is 4.13. The lowest BCUT2D eigenvalue weighted by Gasteiger charge is -2.09. The molecule has 6 heteroatoms. The van der Waals surface area contributed by atoms with Crippen molar-refractivity contribution in [3.05, 3.63) is 82.8 Å². The second kappa shape index (κ2) is 8.45. The lowest BCUT2D eigenvalue weighted by Crippen LogP contribution is -2.15. The highest BCUT2D eigenvalue weighted by atomic mass is 35.5. The lowest BCUT2D eigenvalue weighted by molar-refractivity contribution is 0.102. The summed E-state index contributed by atoms with van der Waals surface area (Å²) in [6.07, 6.45) is 2.25. The van der Waals surface area contributed by atoms with Gasteiger partial charge in [-0.2, -0.15) is 0 Å². The van der Waals surface area contributed by atoms with Crippen LogP contribution in [0.15, 0.2) is 60.9 Å². The SMILES string of the molecule is Cc1cc(Cl)ccc1NC(=O)c1cc(NCCc2ccccc2)ncn1. The van der Waals surface area contributed by atoms with Gasteiger partial charge >= 0.3 is 0 Å². The van der Waals surface area contributed by atoms with Crippen LogP contribution in [0.25, 0.3) is 0 Å². The molecule has 3 aromatic rings. The molecular weight excluding hydrogens is 348 g/mol. The molecule has 0 bridgehead atoms. The quantitative estimate of drug-likeness (QED) is 0.680. The van der Waals surface area contributed by atoms with E-state index in [-0.39, 0.29) is 5.91 Å². The number of hydrogen-bond acceptors (Lipinski definition) is 4. The molecule has 0 fully saturated rings. The summed E-state index contributed by atoms with van der Waals surface area (Å²) in [5.74, 6) is 0.331. The fourth-order valence-electron chi connectivity index (χ4n) is 2.51. The molecule has 0 aliphatic carbocycles. The number of nitrogens with zero attached hydrogens (tertiary/aromatic N) is 2. The van der Waals surface area contributed by atoms with Gasteiger partial charge in [-0.15, -0.1) is 0 Å². The van der Waals surface area contributed by atoms with Gasteiger partial charge in [0.2, 0.25) is 0 Å². The van der Waals surface area contributed by atoms with Crippen LogP contribution in [0.5, 0.6) is 0 Å². The van der Waals surface area contributed by atoms with Crippen LogP contribution >= 0.6 is 11.6 Å². The molecule has 0 unspecified atom stereocenters. The van der Waals surface area contributed by atoms with Crippen molar-refractivity contribution in [3.8, 4) is 0 Å². The third kappa shape index (κ3) is 4.80. The van der Waals surface area contributed by atoms with Crippen LogP contribution < -0.4 is 10.6 Å².